The maximum atomic E-state index is 12.8. The Hall–Kier alpha value is -2.34. The van der Waals surface area contributed by atoms with Crippen molar-refractivity contribution in [1.29, 1.82) is 0 Å². The summed E-state index contributed by atoms with van der Waals surface area (Å²) < 4.78 is 1.52. The average Bonchev–Trinajstić information content (AvgIpc) is 2.88. The fraction of sp³-hybridized carbons (Fsp3) is 0.312. The average molecular weight is 336 g/mol. The van der Waals surface area contributed by atoms with Gasteiger partial charge in [0.2, 0.25) is 0 Å². The molecule has 0 aliphatic heterocycles. The van der Waals surface area contributed by atoms with E-state index in [2.05, 4.69) is 5.10 Å². The monoisotopic (exact) mass is 335 g/mol. The molecule has 122 valence electrons. The lowest BCUT2D eigenvalue weighted by Crippen LogP contribution is -2.36. The third-order valence-electron chi connectivity index (χ3n) is 3.30. The van der Waals surface area contributed by atoms with E-state index in [9.17, 15) is 9.59 Å². The second kappa shape index (κ2) is 7.28. The van der Waals surface area contributed by atoms with Crippen molar-refractivity contribution in [3.63, 3.8) is 0 Å². The maximum Gasteiger partial charge on any atom is 0.323 e. The predicted molar refractivity (Wildman–Crippen MR) is 87.5 cm³/mol. The Morgan fingerprint density at radius 3 is 2.65 bits per heavy atom. The van der Waals surface area contributed by atoms with Gasteiger partial charge < -0.3 is 10.0 Å². The number of benzene rings is 1. The molecule has 0 radical (unpaired) electrons. The zero-order valence-corrected chi connectivity index (χ0v) is 13.7. The molecule has 0 saturated heterocycles. The molecule has 2 aromatic rings. The molecule has 7 heteroatoms. The summed E-state index contributed by atoms with van der Waals surface area (Å²) in [5, 5.41) is 13.8. The molecule has 1 aromatic carbocycles. The van der Waals surface area contributed by atoms with Crippen LogP contribution < -0.4 is 0 Å². The van der Waals surface area contributed by atoms with Gasteiger partial charge in [-0.1, -0.05) is 36.7 Å². The molecule has 23 heavy (non-hydrogen) atoms. The van der Waals surface area contributed by atoms with E-state index >= 15 is 0 Å². The van der Waals surface area contributed by atoms with Gasteiger partial charge in [-0.3, -0.25) is 14.3 Å². The van der Waals surface area contributed by atoms with E-state index in [-0.39, 0.29) is 12.5 Å². The van der Waals surface area contributed by atoms with Crippen LogP contribution in [0.1, 0.15) is 23.7 Å². The SMILES string of the molecule is CCCN(CC(=O)O)C(=O)c1cn(C)nc1-c1ccccc1Cl. The molecule has 0 aliphatic carbocycles. The number of aromatic nitrogens is 2. The normalized spacial score (nSPS) is 10.6. The van der Waals surface area contributed by atoms with E-state index in [1.165, 1.54) is 9.58 Å². The van der Waals surface area contributed by atoms with Gasteiger partial charge in [0.25, 0.3) is 5.91 Å². The van der Waals surface area contributed by atoms with E-state index in [0.717, 1.165) is 0 Å². The molecular formula is C16H18ClN3O3. The van der Waals surface area contributed by atoms with Crippen LogP contribution in [-0.4, -0.2) is 44.8 Å². The van der Waals surface area contributed by atoms with E-state index in [1.807, 2.05) is 13.0 Å². The minimum absolute atomic E-state index is 0.343. The topological polar surface area (TPSA) is 75.4 Å². The molecule has 6 nitrogen and oxygen atoms in total. The van der Waals surface area contributed by atoms with E-state index in [4.69, 9.17) is 16.7 Å². The summed E-state index contributed by atoms with van der Waals surface area (Å²) in [5.41, 5.74) is 1.44. The van der Waals surface area contributed by atoms with Crippen molar-refractivity contribution in [2.24, 2.45) is 7.05 Å². The summed E-state index contributed by atoms with van der Waals surface area (Å²) in [6, 6.07) is 7.11. The van der Waals surface area contributed by atoms with Crippen molar-refractivity contribution in [3.05, 3.63) is 41.0 Å². The third kappa shape index (κ3) is 3.90. The summed E-state index contributed by atoms with van der Waals surface area (Å²) in [4.78, 5) is 25.1. The molecule has 0 bridgehead atoms. The Labute approximate surface area is 139 Å². The van der Waals surface area contributed by atoms with E-state index in [1.54, 1.807) is 31.4 Å². The van der Waals surface area contributed by atoms with Crippen molar-refractivity contribution in [1.82, 2.24) is 14.7 Å². The number of carboxylic acid groups (broad SMARTS) is 1. The smallest absolute Gasteiger partial charge is 0.323 e. The minimum Gasteiger partial charge on any atom is -0.480 e. The van der Waals surface area contributed by atoms with Crippen LogP contribution in [0.3, 0.4) is 0 Å². The van der Waals surface area contributed by atoms with Gasteiger partial charge in [0, 0.05) is 25.4 Å². The van der Waals surface area contributed by atoms with Crippen LogP contribution in [0.4, 0.5) is 0 Å². The van der Waals surface area contributed by atoms with Crippen LogP contribution in [0, 0.1) is 0 Å². The van der Waals surface area contributed by atoms with Crippen LogP contribution in [0.15, 0.2) is 30.5 Å². The minimum atomic E-state index is -1.05. The highest BCUT2D eigenvalue weighted by Gasteiger charge is 2.24. The van der Waals surface area contributed by atoms with E-state index < -0.39 is 5.97 Å². The first-order valence-corrected chi connectivity index (χ1v) is 7.61. The second-order valence-corrected chi connectivity index (χ2v) is 5.57. The molecule has 1 heterocycles. The van der Waals surface area contributed by atoms with Crippen molar-refractivity contribution in [2.45, 2.75) is 13.3 Å². The van der Waals surface area contributed by atoms with Gasteiger partial charge in [-0.05, 0) is 12.5 Å². The maximum absolute atomic E-state index is 12.8. The van der Waals surface area contributed by atoms with E-state index in [0.29, 0.717) is 34.8 Å². The fourth-order valence-corrected chi connectivity index (χ4v) is 2.58. The van der Waals surface area contributed by atoms with Gasteiger partial charge in [0.05, 0.1) is 10.6 Å². The van der Waals surface area contributed by atoms with Crippen LogP contribution >= 0.6 is 11.6 Å². The Morgan fingerprint density at radius 2 is 2.04 bits per heavy atom. The van der Waals surface area contributed by atoms with Crippen LogP contribution in [-0.2, 0) is 11.8 Å². The lowest BCUT2D eigenvalue weighted by atomic mass is 10.1. The molecule has 1 aromatic heterocycles. The van der Waals surface area contributed by atoms with Crippen molar-refractivity contribution in [2.75, 3.05) is 13.1 Å². The Morgan fingerprint density at radius 1 is 1.35 bits per heavy atom. The number of hydrogen-bond acceptors (Lipinski definition) is 3. The summed E-state index contributed by atoms with van der Waals surface area (Å²) in [6.45, 7) is 1.91. The number of aryl methyl sites for hydroxylation is 1. The molecule has 0 saturated carbocycles. The summed E-state index contributed by atoms with van der Waals surface area (Å²) in [7, 11) is 1.71. The van der Waals surface area contributed by atoms with Gasteiger partial charge in [-0.25, -0.2) is 0 Å². The summed E-state index contributed by atoms with van der Waals surface area (Å²) in [5.74, 6) is -1.41. The highest BCUT2D eigenvalue weighted by molar-refractivity contribution is 6.33. The number of halogens is 1. The summed E-state index contributed by atoms with van der Waals surface area (Å²) in [6.07, 6.45) is 2.26. The number of aliphatic carboxylic acids is 1. The third-order valence-corrected chi connectivity index (χ3v) is 3.62. The van der Waals surface area contributed by atoms with Gasteiger partial charge in [-0.15, -0.1) is 0 Å². The number of rotatable bonds is 6. The Bertz CT molecular complexity index is 727. The van der Waals surface area contributed by atoms with Gasteiger partial charge in [0.15, 0.2) is 0 Å². The van der Waals surface area contributed by atoms with Crippen molar-refractivity contribution in [3.8, 4) is 11.3 Å². The molecule has 0 atom stereocenters. The number of carbonyl (C=O) groups excluding carboxylic acids is 1. The first-order valence-electron chi connectivity index (χ1n) is 7.23. The van der Waals surface area contributed by atoms with Gasteiger partial charge in [-0.2, -0.15) is 5.10 Å². The molecule has 1 N–H and O–H groups in total. The Balaban J connectivity index is 2.45. The number of amides is 1. The highest BCUT2D eigenvalue weighted by atomic mass is 35.5. The van der Waals surface area contributed by atoms with Crippen LogP contribution in [0.2, 0.25) is 5.02 Å². The molecule has 0 fully saturated rings. The molecule has 1 amide bonds. The molecule has 2 rings (SSSR count). The van der Waals surface area contributed by atoms with Gasteiger partial charge >= 0.3 is 5.97 Å². The largest absolute Gasteiger partial charge is 0.480 e. The first kappa shape index (κ1) is 17.0. The van der Waals surface area contributed by atoms with Crippen LogP contribution in [0.5, 0.6) is 0 Å². The fourth-order valence-electron chi connectivity index (χ4n) is 2.35. The predicted octanol–water partition coefficient (Wildman–Crippen LogP) is 2.68. The molecule has 0 spiro atoms. The van der Waals surface area contributed by atoms with Gasteiger partial charge in [0.1, 0.15) is 12.2 Å². The van der Waals surface area contributed by atoms with Crippen LogP contribution in [0.25, 0.3) is 11.3 Å². The number of hydrogen-bond donors (Lipinski definition) is 1. The lowest BCUT2D eigenvalue weighted by Gasteiger charge is -2.19. The quantitative estimate of drug-likeness (QED) is 0.880. The number of nitrogens with zero attached hydrogens (tertiary/aromatic N) is 3. The lowest BCUT2D eigenvalue weighted by molar-refractivity contribution is -0.137. The molecular weight excluding hydrogens is 318 g/mol. The zero-order valence-electron chi connectivity index (χ0n) is 13.0. The standard InChI is InChI=1S/C16H18ClN3O3/c1-3-8-20(10-14(21)22)16(23)12-9-19(2)18-15(12)11-6-4-5-7-13(11)17/h4-7,9H,3,8,10H2,1-2H3,(H,21,22). The highest BCUT2D eigenvalue weighted by Crippen LogP contribution is 2.29. The molecule has 0 aliphatic rings. The zero-order chi connectivity index (χ0) is 17.0. The second-order valence-electron chi connectivity index (χ2n) is 5.17. The van der Waals surface area contributed by atoms with Crippen molar-refractivity contribution >= 4 is 23.5 Å². The number of carbonyl (C=O) groups is 2. The number of carboxylic acids is 1. The molecule has 0 unspecified atom stereocenters. The Kier molecular flexibility index (Phi) is 5.39. The first-order chi connectivity index (χ1) is 10.9. The summed E-state index contributed by atoms with van der Waals surface area (Å²) >= 11 is 6.20. The van der Waals surface area contributed by atoms with Crippen molar-refractivity contribution < 1.29 is 14.7 Å².